The number of aromatic nitrogens is 2. The lowest BCUT2D eigenvalue weighted by Gasteiger charge is -2.08. The fraction of sp³-hybridized carbons (Fsp3) is 0. The molecule has 1 aromatic carbocycles. The number of anilines is 1. The third-order valence-corrected chi connectivity index (χ3v) is 2.86. The average Bonchev–Trinajstić information content (AvgIpc) is 2.36. The van der Waals surface area contributed by atoms with Gasteiger partial charge in [0.2, 0.25) is 11.8 Å². The molecule has 0 amide bonds. The summed E-state index contributed by atoms with van der Waals surface area (Å²) in [5, 5.41) is 0.00114. The summed E-state index contributed by atoms with van der Waals surface area (Å²) in [4.78, 5) is 7.75. The molecule has 5 nitrogen and oxygen atoms in total. The number of hydrogen-bond acceptors (Lipinski definition) is 5. The number of nitrogens with two attached hydrogens (primary N) is 1. The van der Waals surface area contributed by atoms with Crippen LogP contribution >= 0.6 is 27.5 Å². The number of nitrogens with zero attached hydrogens (tertiary/aromatic N) is 2. The maximum Gasteiger partial charge on any atom is 0.240 e. The van der Waals surface area contributed by atoms with Gasteiger partial charge in [-0.25, -0.2) is 15.2 Å². The third-order valence-electron chi connectivity index (χ3n) is 1.95. The van der Waals surface area contributed by atoms with Gasteiger partial charge in [-0.1, -0.05) is 11.6 Å². The van der Waals surface area contributed by atoms with Crippen molar-refractivity contribution in [2.24, 2.45) is 5.84 Å². The van der Waals surface area contributed by atoms with Crippen LogP contribution in [0.15, 0.2) is 28.9 Å². The Labute approximate surface area is 115 Å². The van der Waals surface area contributed by atoms with Gasteiger partial charge in [0.15, 0.2) is 0 Å². The number of nitrogen functional groups attached to an aromatic ring is 1. The number of ether oxygens (including phenoxy) is 1. The highest BCUT2D eigenvalue weighted by atomic mass is 79.9. The fourth-order valence-electron chi connectivity index (χ4n) is 1.16. The van der Waals surface area contributed by atoms with E-state index >= 15 is 0 Å². The molecule has 8 heteroatoms. The number of halogens is 3. The van der Waals surface area contributed by atoms with Gasteiger partial charge >= 0.3 is 0 Å². The zero-order valence-electron chi connectivity index (χ0n) is 8.82. The Balaban J connectivity index is 2.30. The molecule has 1 aromatic heterocycles. The standard InChI is InChI=1S/C10H7BrClFN4O/c11-5-3-6(12)7(13)4-8(5)18-9-1-2-15-10(16-9)17-14/h1-4H,14H2,(H,15,16,17). The molecule has 0 aliphatic carbocycles. The quantitative estimate of drug-likeness (QED) is 0.513. The molecule has 3 N–H and O–H groups in total. The first kappa shape index (κ1) is 13.0. The topological polar surface area (TPSA) is 73.1 Å². The van der Waals surface area contributed by atoms with Gasteiger partial charge in [-0.3, -0.25) is 5.43 Å². The van der Waals surface area contributed by atoms with Gasteiger partial charge in [0, 0.05) is 18.3 Å². The summed E-state index contributed by atoms with van der Waals surface area (Å²) in [5.74, 6) is 5.25. The van der Waals surface area contributed by atoms with Crippen LogP contribution in [-0.4, -0.2) is 9.97 Å². The summed E-state index contributed by atoms with van der Waals surface area (Å²) in [6.45, 7) is 0. The Morgan fingerprint density at radius 2 is 2.22 bits per heavy atom. The summed E-state index contributed by atoms with van der Waals surface area (Å²) < 4.78 is 19.2. The first-order chi connectivity index (χ1) is 8.60. The van der Waals surface area contributed by atoms with Crippen molar-refractivity contribution in [3.8, 4) is 11.6 Å². The summed E-state index contributed by atoms with van der Waals surface area (Å²) in [7, 11) is 0. The second kappa shape index (κ2) is 5.47. The lowest BCUT2D eigenvalue weighted by molar-refractivity contribution is 0.454. The maximum absolute atomic E-state index is 13.3. The number of nitrogens with one attached hydrogen (secondary N) is 1. The van der Waals surface area contributed by atoms with Gasteiger partial charge in [-0.05, 0) is 22.0 Å². The SMILES string of the molecule is NNc1nccc(Oc2cc(F)c(Cl)cc2Br)n1. The molecular weight excluding hydrogens is 326 g/mol. The lowest BCUT2D eigenvalue weighted by Crippen LogP contribution is -2.10. The summed E-state index contributed by atoms with van der Waals surface area (Å²) in [5.41, 5.74) is 2.28. The van der Waals surface area contributed by atoms with E-state index in [2.05, 4.69) is 31.3 Å². The van der Waals surface area contributed by atoms with Gasteiger partial charge in [-0.2, -0.15) is 4.98 Å². The molecule has 0 saturated heterocycles. The minimum atomic E-state index is -0.582. The molecule has 0 aliphatic rings. The van der Waals surface area contributed by atoms with Crippen LogP contribution < -0.4 is 16.0 Å². The van der Waals surface area contributed by atoms with Crippen molar-refractivity contribution in [2.75, 3.05) is 5.43 Å². The van der Waals surface area contributed by atoms with Crippen LogP contribution in [0.5, 0.6) is 11.6 Å². The van der Waals surface area contributed by atoms with Gasteiger partial charge in [0.05, 0.1) is 9.50 Å². The van der Waals surface area contributed by atoms with Crippen molar-refractivity contribution in [3.63, 3.8) is 0 Å². The molecular formula is C10H7BrClFN4O. The first-order valence-corrected chi connectivity index (χ1v) is 5.89. The monoisotopic (exact) mass is 332 g/mol. The van der Waals surface area contributed by atoms with Crippen LogP contribution in [0.4, 0.5) is 10.3 Å². The maximum atomic E-state index is 13.3. The van der Waals surface area contributed by atoms with Crippen molar-refractivity contribution in [1.29, 1.82) is 0 Å². The largest absolute Gasteiger partial charge is 0.438 e. The molecule has 0 unspecified atom stereocenters. The number of benzene rings is 1. The van der Waals surface area contributed by atoms with Crippen molar-refractivity contribution in [1.82, 2.24) is 9.97 Å². The summed E-state index contributed by atoms with van der Waals surface area (Å²) >= 11 is 8.84. The smallest absolute Gasteiger partial charge is 0.240 e. The first-order valence-electron chi connectivity index (χ1n) is 4.72. The summed E-state index contributed by atoms with van der Waals surface area (Å²) in [6.07, 6.45) is 1.46. The fourth-order valence-corrected chi connectivity index (χ4v) is 1.88. The highest BCUT2D eigenvalue weighted by Gasteiger charge is 2.09. The van der Waals surface area contributed by atoms with E-state index in [9.17, 15) is 4.39 Å². The minimum absolute atomic E-state index is 0.00114. The van der Waals surface area contributed by atoms with Crippen LogP contribution in [0, 0.1) is 5.82 Å². The van der Waals surface area contributed by atoms with Crippen molar-refractivity contribution < 1.29 is 9.13 Å². The zero-order chi connectivity index (χ0) is 13.1. The average molecular weight is 334 g/mol. The normalized spacial score (nSPS) is 10.2. The molecule has 0 saturated carbocycles. The van der Waals surface area contributed by atoms with Gasteiger partial charge in [0.1, 0.15) is 11.6 Å². The van der Waals surface area contributed by atoms with Crippen LogP contribution in [-0.2, 0) is 0 Å². The molecule has 0 atom stereocenters. The highest BCUT2D eigenvalue weighted by Crippen LogP contribution is 2.33. The predicted octanol–water partition coefficient (Wildman–Crippen LogP) is 3.11. The predicted molar refractivity (Wildman–Crippen MR) is 69.0 cm³/mol. The molecule has 94 valence electrons. The van der Waals surface area contributed by atoms with E-state index in [1.807, 2.05) is 0 Å². The Hall–Kier alpha value is -1.44. The number of hydrogen-bond donors (Lipinski definition) is 2. The third kappa shape index (κ3) is 2.87. The van der Waals surface area contributed by atoms with E-state index in [-0.39, 0.29) is 22.6 Å². The second-order valence-corrected chi connectivity index (χ2v) is 4.42. The molecule has 2 aromatic rings. The van der Waals surface area contributed by atoms with Crippen LogP contribution in [0.2, 0.25) is 5.02 Å². The number of hydrazine groups is 1. The molecule has 0 fully saturated rings. The zero-order valence-corrected chi connectivity index (χ0v) is 11.2. The van der Waals surface area contributed by atoms with E-state index in [0.29, 0.717) is 4.47 Å². The van der Waals surface area contributed by atoms with Gasteiger partial charge in [-0.15, -0.1) is 0 Å². The van der Waals surface area contributed by atoms with Crippen molar-refractivity contribution in [3.05, 3.63) is 39.7 Å². The lowest BCUT2D eigenvalue weighted by atomic mass is 10.3. The van der Waals surface area contributed by atoms with Crippen LogP contribution in [0.25, 0.3) is 0 Å². The molecule has 0 bridgehead atoms. The molecule has 18 heavy (non-hydrogen) atoms. The Kier molecular flexibility index (Phi) is 3.95. The molecule has 1 heterocycles. The Bertz CT molecular complexity index is 584. The van der Waals surface area contributed by atoms with Gasteiger partial charge in [0.25, 0.3) is 0 Å². The Morgan fingerprint density at radius 1 is 1.44 bits per heavy atom. The van der Waals surface area contributed by atoms with E-state index in [4.69, 9.17) is 22.2 Å². The number of rotatable bonds is 3. The Morgan fingerprint density at radius 3 is 2.94 bits per heavy atom. The van der Waals surface area contributed by atoms with E-state index < -0.39 is 5.82 Å². The van der Waals surface area contributed by atoms with Crippen LogP contribution in [0.1, 0.15) is 0 Å². The van der Waals surface area contributed by atoms with E-state index in [1.54, 1.807) is 0 Å². The van der Waals surface area contributed by atoms with E-state index in [1.165, 1.54) is 18.3 Å². The van der Waals surface area contributed by atoms with E-state index in [0.717, 1.165) is 6.07 Å². The molecule has 0 aliphatic heterocycles. The van der Waals surface area contributed by atoms with Crippen LogP contribution in [0.3, 0.4) is 0 Å². The van der Waals surface area contributed by atoms with Crippen molar-refractivity contribution in [2.45, 2.75) is 0 Å². The summed E-state index contributed by atoms with van der Waals surface area (Å²) in [6, 6.07) is 4.07. The molecule has 2 rings (SSSR count). The highest BCUT2D eigenvalue weighted by molar-refractivity contribution is 9.10. The molecule has 0 spiro atoms. The van der Waals surface area contributed by atoms with Gasteiger partial charge < -0.3 is 4.74 Å². The van der Waals surface area contributed by atoms with Crippen molar-refractivity contribution >= 4 is 33.5 Å². The molecule has 0 radical (unpaired) electrons. The second-order valence-electron chi connectivity index (χ2n) is 3.16. The minimum Gasteiger partial charge on any atom is -0.438 e.